The van der Waals surface area contributed by atoms with Crippen molar-refractivity contribution in [1.29, 1.82) is 0 Å². The van der Waals surface area contributed by atoms with Crippen molar-refractivity contribution in [3.63, 3.8) is 0 Å². The molecule has 3 rings (SSSR count). The topological polar surface area (TPSA) is 32.5 Å². The van der Waals surface area contributed by atoms with Gasteiger partial charge >= 0.3 is 0 Å². The Morgan fingerprint density at radius 1 is 1.20 bits per heavy atom. The fourth-order valence-electron chi connectivity index (χ4n) is 3.67. The van der Waals surface area contributed by atoms with E-state index >= 15 is 0 Å². The van der Waals surface area contributed by atoms with Crippen molar-refractivity contribution in [2.45, 2.75) is 45.3 Å². The van der Waals surface area contributed by atoms with Gasteiger partial charge in [-0.3, -0.25) is 9.80 Å². The molecule has 1 unspecified atom stereocenters. The second kappa shape index (κ2) is 6.25. The van der Waals surface area contributed by atoms with Gasteiger partial charge in [0.1, 0.15) is 0 Å². The number of fused-ring (bicyclic) bond motifs is 1. The van der Waals surface area contributed by atoms with E-state index in [1.54, 1.807) is 0 Å². The highest BCUT2D eigenvalue weighted by Crippen LogP contribution is 2.23. The van der Waals surface area contributed by atoms with Crippen LogP contribution in [-0.2, 0) is 13.1 Å². The van der Waals surface area contributed by atoms with Gasteiger partial charge in [0.15, 0.2) is 0 Å². The predicted molar refractivity (Wildman–Crippen MR) is 83.6 cm³/mol. The van der Waals surface area contributed by atoms with Crippen LogP contribution < -0.4 is 5.73 Å². The Bertz CT molecular complexity index is 458. The zero-order valence-electron chi connectivity index (χ0n) is 12.6. The van der Waals surface area contributed by atoms with Crippen LogP contribution in [0.2, 0.25) is 0 Å². The van der Waals surface area contributed by atoms with E-state index in [2.05, 4.69) is 34.9 Å². The van der Waals surface area contributed by atoms with Crippen molar-refractivity contribution in [3.8, 4) is 0 Å². The summed E-state index contributed by atoms with van der Waals surface area (Å²) in [5.74, 6) is 0. The smallest absolute Gasteiger partial charge is 0.0237 e. The van der Waals surface area contributed by atoms with Gasteiger partial charge in [-0.25, -0.2) is 0 Å². The summed E-state index contributed by atoms with van der Waals surface area (Å²) in [6, 6.07) is 7.50. The first-order valence-electron chi connectivity index (χ1n) is 8.01. The van der Waals surface area contributed by atoms with E-state index in [4.69, 9.17) is 5.73 Å². The molecular weight excluding hydrogens is 246 g/mol. The first kappa shape index (κ1) is 14.1. The van der Waals surface area contributed by atoms with E-state index in [1.807, 2.05) is 0 Å². The maximum Gasteiger partial charge on any atom is 0.0237 e. The van der Waals surface area contributed by atoms with Crippen LogP contribution in [-0.4, -0.2) is 42.0 Å². The van der Waals surface area contributed by atoms with Crippen LogP contribution in [0.5, 0.6) is 0 Å². The van der Waals surface area contributed by atoms with Crippen molar-refractivity contribution >= 4 is 0 Å². The molecule has 2 saturated heterocycles. The molecule has 0 aliphatic carbocycles. The average molecular weight is 273 g/mol. The lowest BCUT2D eigenvalue weighted by molar-refractivity contribution is 0.0456. The summed E-state index contributed by atoms with van der Waals surface area (Å²) in [7, 11) is 0. The van der Waals surface area contributed by atoms with E-state index in [0.29, 0.717) is 6.54 Å². The molecule has 1 atom stereocenters. The number of benzene rings is 1. The van der Waals surface area contributed by atoms with Crippen LogP contribution >= 0.6 is 0 Å². The molecule has 1 aromatic carbocycles. The largest absolute Gasteiger partial charge is 0.326 e. The Balaban J connectivity index is 1.63. The molecule has 20 heavy (non-hydrogen) atoms. The quantitative estimate of drug-likeness (QED) is 0.915. The average Bonchev–Trinajstić information content (AvgIpc) is 2.49. The first-order valence-corrected chi connectivity index (χ1v) is 8.01. The van der Waals surface area contributed by atoms with E-state index in [1.165, 1.54) is 62.1 Å². The van der Waals surface area contributed by atoms with E-state index < -0.39 is 0 Å². The van der Waals surface area contributed by atoms with Crippen LogP contribution in [0.3, 0.4) is 0 Å². The monoisotopic (exact) mass is 273 g/mol. The molecule has 110 valence electrons. The minimum atomic E-state index is 0.641. The van der Waals surface area contributed by atoms with Crippen molar-refractivity contribution < 1.29 is 0 Å². The number of hydrogen-bond donors (Lipinski definition) is 1. The Labute approximate surface area is 122 Å². The van der Waals surface area contributed by atoms with E-state index in [0.717, 1.165) is 12.6 Å². The minimum Gasteiger partial charge on any atom is -0.326 e. The van der Waals surface area contributed by atoms with Crippen LogP contribution in [0.1, 0.15) is 36.0 Å². The second-order valence-corrected chi connectivity index (χ2v) is 6.39. The van der Waals surface area contributed by atoms with Gasteiger partial charge in [-0.15, -0.1) is 0 Å². The number of nitrogens with zero attached hydrogens (tertiary/aromatic N) is 2. The zero-order valence-corrected chi connectivity index (χ0v) is 12.6. The molecule has 0 radical (unpaired) electrons. The molecule has 0 amide bonds. The Morgan fingerprint density at radius 2 is 2.10 bits per heavy atom. The molecule has 0 saturated carbocycles. The highest BCUT2D eigenvalue weighted by Gasteiger charge is 2.28. The summed E-state index contributed by atoms with van der Waals surface area (Å²) in [5.41, 5.74) is 9.80. The minimum absolute atomic E-state index is 0.641. The maximum absolute atomic E-state index is 5.71. The van der Waals surface area contributed by atoms with Gasteiger partial charge in [0.2, 0.25) is 0 Å². The maximum atomic E-state index is 5.71. The summed E-state index contributed by atoms with van der Waals surface area (Å²) in [6.45, 7) is 8.99. The molecule has 2 N–H and O–H groups in total. The van der Waals surface area contributed by atoms with Gasteiger partial charge < -0.3 is 5.73 Å². The molecule has 3 nitrogen and oxygen atoms in total. The third kappa shape index (κ3) is 3.05. The summed E-state index contributed by atoms with van der Waals surface area (Å²) in [6.07, 6.45) is 4.21. The number of rotatable bonds is 3. The van der Waals surface area contributed by atoms with Crippen LogP contribution in [0.25, 0.3) is 0 Å². The molecule has 2 aliphatic heterocycles. The van der Waals surface area contributed by atoms with Gasteiger partial charge in [0.25, 0.3) is 0 Å². The molecule has 2 aliphatic rings. The number of hydrogen-bond acceptors (Lipinski definition) is 3. The van der Waals surface area contributed by atoms with Crippen LogP contribution in [0, 0.1) is 6.92 Å². The fourth-order valence-corrected chi connectivity index (χ4v) is 3.67. The van der Waals surface area contributed by atoms with E-state index in [9.17, 15) is 0 Å². The SMILES string of the molecule is Cc1cc(CN)ccc1CN1CCN2CCCCC2C1. The third-order valence-corrected chi connectivity index (χ3v) is 4.96. The molecule has 2 heterocycles. The van der Waals surface area contributed by atoms with Gasteiger partial charge in [0.05, 0.1) is 0 Å². The third-order valence-electron chi connectivity index (χ3n) is 4.96. The van der Waals surface area contributed by atoms with Gasteiger partial charge in [-0.2, -0.15) is 0 Å². The van der Waals surface area contributed by atoms with Crippen molar-refractivity contribution in [2.75, 3.05) is 26.2 Å². The number of nitrogens with two attached hydrogens (primary N) is 1. The molecule has 2 fully saturated rings. The molecule has 3 heteroatoms. The fraction of sp³-hybridized carbons (Fsp3) is 0.647. The summed E-state index contributed by atoms with van der Waals surface area (Å²) in [4.78, 5) is 5.33. The van der Waals surface area contributed by atoms with Gasteiger partial charge in [-0.1, -0.05) is 24.6 Å². The Morgan fingerprint density at radius 3 is 2.90 bits per heavy atom. The highest BCUT2D eigenvalue weighted by molar-refractivity contribution is 5.31. The number of piperazine rings is 1. The normalized spacial score (nSPS) is 24.6. The summed E-state index contributed by atoms with van der Waals surface area (Å²) in [5, 5.41) is 0. The van der Waals surface area contributed by atoms with Crippen molar-refractivity contribution in [1.82, 2.24) is 9.80 Å². The first-order chi connectivity index (χ1) is 9.76. The van der Waals surface area contributed by atoms with Crippen LogP contribution in [0.4, 0.5) is 0 Å². The van der Waals surface area contributed by atoms with Crippen molar-refractivity contribution in [3.05, 3.63) is 34.9 Å². The van der Waals surface area contributed by atoms with Crippen LogP contribution in [0.15, 0.2) is 18.2 Å². The number of aryl methyl sites for hydroxylation is 1. The zero-order chi connectivity index (χ0) is 13.9. The summed E-state index contributed by atoms with van der Waals surface area (Å²) < 4.78 is 0. The molecule has 0 bridgehead atoms. The lowest BCUT2D eigenvalue weighted by Crippen LogP contribution is -2.54. The van der Waals surface area contributed by atoms with Gasteiger partial charge in [-0.05, 0) is 43.0 Å². The summed E-state index contributed by atoms with van der Waals surface area (Å²) >= 11 is 0. The number of piperidine rings is 1. The Hall–Kier alpha value is -0.900. The molecule has 0 spiro atoms. The molecule has 0 aromatic heterocycles. The lowest BCUT2D eigenvalue weighted by Gasteiger charge is -2.44. The predicted octanol–water partition coefficient (Wildman–Crippen LogP) is 2.12. The van der Waals surface area contributed by atoms with E-state index in [-0.39, 0.29) is 0 Å². The highest BCUT2D eigenvalue weighted by atomic mass is 15.3. The standard InChI is InChI=1S/C17H27N3/c1-14-10-15(11-18)5-6-16(14)12-19-8-9-20-7-3-2-4-17(20)13-19/h5-6,10,17H,2-4,7-9,11-13,18H2,1H3. The second-order valence-electron chi connectivity index (χ2n) is 6.39. The lowest BCUT2D eigenvalue weighted by atomic mass is 9.98. The Kier molecular flexibility index (Phi) is 4.39. The molecule has 1 aromatic rings. The molecular formula is C17H27N3. The van der Waals surface area contributed by atoms with Crippen molar-refractivity contribution in [2.24, 2.45) is 5.73 Å². The van der Waals surface area contributed by atoms with Gasteiger partial charge in [0, 0.05) is 38.8 Å².